The van der Waals surface area contributed by atoms with Crippen LogP contribution in [0.4, 0.5) is 5.69 Å². The fourth-order valence-electron chi connectivity index (χ4n) is 1.75. The van der Waals surface area contributed by atoms with Gasteiger partial charge >= 0.3 is 0 Å². The van der Waals surface area contributed by atoms with Crippen LogP contribution < -0.4 is 10.6 Å². The number of hydrogen-bond acceptors (Lipinski definition) is 5. The van der Waals surface area contributed by atoms with Crippen LogP contribution in [0.2, 0.25) is 0 Å². The van der Waals surface area contributed by atoms with Crippen molar-refractivity contribution in [3.8, 4) is 0 Å². The lowest BCUT2D eigenvalue weighted by molar-refractivity contribution is 0.0949. The fraction of sp³-hybridized carbons (Fsp3) is 0.357. The molecular formula is C14H19N5O2. The third-order valence-electron chi connectivity index (χ3n) is 2.83. The molecule has 0 bridgehead atoms. The van der Waals surface area contributed by atoms with Crippen molar-refractivity contribution in [3.63, 3.8) is 0 Å². The van der Waals surface area contributed by atoms with Crippen LogP contribution in [0.25, 0.3) is 0 Å². The number of aromatic nitrogens is 3. The Labute approximate surface area is 122 Å². The summed E-state index contributed by atoms with van der Waals surface area (Å²) in [6.45, 7) is 2.62. The number of imidazole rings is 1. The predicted octanol–water partition coefficient (Wildman–Crippen LogP) is 0.570. The summed E-state index contributed by atoms with van der Waals surface area (Å²) < 4.78 is 0. The van der Waals surface area contributed by atoms with E-state index in [1.54, 1.807) is 37.8 Å². The molecule has 0 aliphatic rings. The summed E-state index contributed by atoms with van der Waals surface area (Å²) in [6.07, 6.45) is 5.13. The van der Waals surface area contributed by atoms with Gasteiger partial charge < -0.3 is 20.7 Å². The molecule has 2 heterocycles. The third kappa shape index (κ3) is 4.88. The van der Waals surface area contributed by atoms with Gasteiger partial charge in [-0.2, -0.15) is 0 Å². The van der Waals surface area contributed by atoms with E-state index < -0.39 is 6.10 Å². The second kappa shape index (κ2) is 7.39. The molecule has 0 aliphatic carbocycles. The molecule has 0 aromatic carbocycles. The summed E-state index contributed by atoms with van der Waals surface area (Å²) >= 11 is 0. The van der Waals surface area contributed by atoms with Gasteiger partial charge in [-0.05, 0) is 19.1 Å². The Balaban J connectivity index is 1.85. The van der Waals surface area contributed by atoms with E-state index in [2.05, 4.69) is 25.6 Å². The number of nitrogens with one attached hydrogen (secondary N) is 3. The van der Waals surface area contributed by atoms with Crippen molar-refractivity contribution >= 4 is 11.6 Å². The SMILES string of the molecule is CC(O)CNc1ccnc(C(=O)NCCc2cnc[nH]2)c1. The van der Waals surface area contributed by atoms with Crippen LogP contribution in [-0.4, -0.2) is 45.2 Å². The normalized spacial score (nSPS) is 11.9. The Kier molecular flexibility index (Phi) is 5.28. The monoisotopic (exact) mass is 289 g/mol. The number of amides is 1. The molecule has 0 saturated heterocycles. The zero-order chi connectivity index (χ0) is 15.1. The maximum absolute atomic E-state index is 12.0. The highest BCUT2D eigenvalue weighted by atomic mass is 16.3. The van der Waals surface area contributed by atoms with Gasteiger partial charge in [-0.1, -0.05) is 0 Å². The minimum absolute atomic E-state index is 0.227. The van der Waals surface area contributed by atoms with E-state index >= 15 is 0 Å². The van der Waals surface area contributed by atoms with Crippen molar-refractivity contribution in [1.29, 1.82) is 0 Å². The number of nitrogens with zero attached hydrogens (tertiary/aromatic N) is 2. The molecule has 0 spiro atoms. The highest BCUT2D eigenvalue weighted by Crippen LogP contribution is 2.08. The predicted molar refractivity (Wildman–Crippen MR) is 79.0 cm³/mol. The van der Waals surface area contributed by atoms with Crippen molar-refractivity contribution in [2.75, 3.05) is 18.4 Å². The van der Waals surface area contributed by atoms with Gasteiger partial charge in [0.25, 0.3) is 5.91 Å². The molecule has 0 fully saturated rings. The summed E-state index contributed by atoms with van der Waals surface area (Å²) in [5.41, 5.74) is 2.07. The molecule has 2 rings (SSSR count). The van der Waals surface area contributed by atoms with Crippen molar-refractivity contribution < 1.29 is 9.90 Å². The van der Waals surface area contributed by atoms with Crippen LogP contribution in [0, 0.1) is 0 Å². The first-order valence-corrected chi connectivity index (χ1v) is 6.78. The molecule has 4 N–H and O–H groups in total. The Morgan fingerprint density at radius 3 is 3.10 bits per heavy atom. The first-order chi connectivity index (χ1) is 10.1. The van der Waals surface area contributed by atoms with E-state index in [0.29, 0.717) is 25.2 Å². The summed E-state index contributed by atoms with van der Waals surface area (Å²) in [6, 6.07) is 3.41. The van der Waals surface area contributed by atoms with Crippen LogP contribution >= 0.6 is 0 Å². The van der Waals surface area contributed by atoms with Gasteiger partial charge in [-0.3, -0.25) is 9.78 Å². The number of H-pyrrole nitrogens is 1. The number of rotatable bonds is 7. The van der Waals surface area contributed by atoms with Crippen molar-refractivity contribution in [1.82, 2.24) is 20.3 Å². The molecule has 7 heteroatoms. The van der Waals surface area contributed by atoms with E-state index in [1.165, 1.54) is 0 Å². The third-order valence-corrected chi connectivity index (χ3v) is 2.83. The first-order valence-electron chi connectivity index (χ1n) is 6.78. The molecule has 2 aromatic rings. The molecule has 7 nitrogen and oxygen atoms in total. The van der Waals surface area contributed by atoms with Crippen LogP contribution in [0.5, 0.6) is 0 Å². The van der Waals surface area contributed by atoms with Crippen molar-refractivity contribution in [3.05, 3.63) is 42.2 Å². The second-order valence-electron chi connectivity index (χ2n) is 4.74. The van der Waals surface area contributed by atoms with E-state index in [4.69, 9.17) is 0 Å². The molecule has 1 unspecified atom stereocenters. The average molecular weight is 289 g/mol. The lowest BCUT2D eigenvalue weighted by atomic mass is 10.2. The zero-order valence-electron chi connectivity index (χ0n) is 11.8. The van der Waals surface area contributed by atoms with E-state index in [1.807, 2.05) is 0 Å². The Hall–Kier alpha value is -2.41. The molecule has 1 atom stereocenters. The smallest absolute Gasteiger partial charge is 0.269 e. The van der Waals surface area contributed by atoms with Gasteiger partial charge in [-0.15, -0.1) is 0 Å². The van der Waals surface area contributed by atoms with E-state index in [-0.39, 0.29) is 5.91 Å². The van der Waals surface area contributed by atoms with Crippen LogP contribution in [0.3, 0.4) is 0 Å². The molecule has 21 heavy (non-hydrogen) atoms. The summed E-state index contributed by atoms with van der Waals surface area (Å²) in [7, 11) is 0. The summed E-state index contributed by atoms with van der Waals surface area (Å²) in [5.74, 6) is -0.227. The van der Waals surface area contributed by atoms with Gasteiger partial charge in [0.2, 0.25) is 0 Å². The second-order valence-corrected chi connectivity index (χ2v) is 4.74. The molecular weight excluding hydrogens is 270 g/mol. The standard InChI is InChI=1S/C14H19N5O2/c1-10(20)7-18-11-2-4-16-13(6-11)14(21)17-5-3-12-8-15-9-19-12/h2,4,6,8-10,20H,3,5,7H2,1H3,(H,15,19)(H,16,18)(H,17,21). The quantitative estimate of drug-likeness (QED) is 0.597. The number of aliphatic hydroxyl groups is 1. The summed E-state index contributed by atoms with van der Waals surface area (Å²) in [4.78, 5) is 22.9. The van der Waals surface area contributed by atoms with Gasteiger partial charge in [0.05, 0.1) is 12.4 Å². The number of aliphatic hydroxyl groups excluding tert-OH is 1. The number of carbonyl (C=O) groups is 1. The number of carbonyl (C=O) groups excluding carboxylic acids is 1. The highest BCUT2D eigenvalue weighted by molar-refractivity contribution is 5.93. The fourth-order valence-corrected chi connectivity index (χ4v) is 1.75. The van der Waals surface area contributed by atoms with Crippen molar-refractivity contribution in [2.45, 2.75) is 19.4 Å². The number of aromatic amines is 1. The first kappa shape index (κ1) is 15.0. The van der Waals surface area contributed by atoms with Crippen LogP contribution in [-0.2, 0) is 6.42 Å². The molecule has 0 aliphatic heterocycles. The lowest BCUT2D eigenvalue weighted by Gasteiger charge is -2.09. The Bertz CT molecular complexity index is 569. The Morgan fingerprint density at radius 2 is 2.38 bits per heavy atom. The van der Waals surface area contributed by atoms with Gasteiger partial charge in [-0.25, -0.2) is 4.98 Å². The van der Waals surface area contributed by atoms with Gasteiger partial charge in [0, 0.05) is 43.3 Å². The molecule has 112 valence electrons. The maximum Gasteiger partial charge on any atom is 0.269 e. The van der Waals surface area contributed by atoms with Crippen LogP contribution in [0.15, 0.2) is 30.9 Å². The summed E-state index contributed by atoms with van der Waals surface area (Å²) in [5, 5.41) is 15.1. The minimum atomic E-state index is -0.454. The number of pyridine rings is 1. The van der Waals surface area contributed by atoms with E-state index in [0.717, 1.165) is 11.4 Å². The zero-order valence-corrected chi connectivity index (χ0v) is 11.8. The van der Waals surface area contributed by atoms with Crippen molar-refractivity contribution in [2.24, 2.45) is 0 Å². The molecule has 2 aromatic heterocycles. The van der Waals surface area contributed by atoms with Gasteiger partial charge in [0.1, 0.15) is 5.69 Å². The molecule has 0 saturated carbocycles. The maximum atomic E-state index is 12.0. The lowest BCUT2D eigenvalue weighted by Crippen LogP contribution is -2.26. The largest absolute Gasteiger partial charge is 0.392 e. The number of hydrogen-bond donors (Lipinski definition) is 4. The number of anilines is 1. The van der Waals surface area contributed by atoms with Crippen LogP contribution in [0.1, 0.15) is 23.1 Å². The Morgan fingerprint density at radius 1 is 1.52 bits per heavy atom. The molecule has 0 radical (unpaired) electrons. The van der Waals surface area contributed by atoms with E-state index in [9.17, 15) is 9.90 Å². The van der Waals surface area contributed by atoms with Gasteiger partial charge in [0.15, 0.2) is 0 Å². The minimum Gasteiger partial charge on any atom is -0.392 e. The molecule has 1 amide bonds. The highest BCUT2D eigenvalue weighted by Gasteiger charge is 2.08. The topological polar surface area (TPSA) is 103 Å². The average Bonchev–Trinajstić information content (AvgIpc) is 2.98.